The predicted molar refractivity (Wildman–Crippen MR) is 80.9 cm³/mol. The number of carbonyl (C=O) groups excluding carboxylic acids is 1. The van der Waals surface area contributed by atoms with Gasteiger partial charge in [0.05, 0.1) is 22.5 Å². The average molecular weight is 388 g/mol. The number of hydrogen-bond donors (Lipinski definition) is 2. The maximum Gasteiger partial charge on any atom is 0.337 e. The molecule has 0 bridgehead atoms. The minimum Gasteiger partial charge on any atom is -0.478 e. The Balaban J connectivity index is 2.28. The zero-order chi connectivity index (χ0) is 14.0. The van der Waals surface area contributed by atoms with E-state index < -0.39 is 5.97 Å². The van der Waals surface area contributed by atoms with E-state index in [0.717, 1.165) is 8.58 Å². The molecule has 0 spiro atoms. The number of halogens is 1. The van der Waals surface area contributed by atoms with Crippen LogP contribution in [-0.2, 0) is 0 Å². The molecule has 98 valence electrons. The Hall–Kier alpha value is -1.48. The highest BCUT2D eigenvalue weighted by atomic mass is 127. The summed E-state index contributed by atoms with van der Waals surface area (Å²) in [6, 6.07) is 4.83. The number of aromatic carboxylic acids is 1. The third-order valence-corrected chi connectivity index (χ3v) is 3.89. The first-order valence-electron chi connectivity index (χ1n) is 5.24. The molecule has 1 heterocycles. The first-order chi connectivity index (χ1) is 8.97. The van der Waals surface area contributed by atoms with Gasteiger partial charge in [0.2, 0.25) is 0 Å². The van der Waals surface area contributed by atoms with E-state index in [1.807, 2.05) is 22.6 Å². The summed E-state index contributed by atoms with van der Waals surface area (Å²) in [5, 5.41) is 12.5. The number of nitrogens with one attached hydrogen (secondary N) is 1. The lowest BCUT2D eigenvalue weighted by Gasteiger charge is -2.07. The van der Waals surface area contributed by atoms with Crippen molar-refractivity contribution in [3.05, 3.63) is 43.4 Å². The van der Waals surface area contributed by atoms with Crippen LogP contribution in [0.1, 0.15) is 25.0 Å². The first-order valence-corrected chi connectivity index (χ1v) is 7.13. The number of rotatable bonds is 3. The number of thiazole rings is 1. The van der Waals surface area contributed by atoms with Crippen LogP contribution in [0.5, 0.6) is 0 Å². The lowest BCUT2D eigenvalue weighted by atomic mass is 10.2. The second kappa shape index (κ2) is 5.66. The minimum atomic E-state index is -1.07. The van der Waals surface area contributed by atoms with Crippen LogP contribution < -0.4 is 5.32 Å². The Kier molecular flexibility index (Phi) is 4.15. The molecule has 0 unspecified atom stereocenters. The van der Waals surface area contributed by atoms with E-state index in [9.17, 15) is 9.59 Å². The molecule has 2 N–H and O–H groups in total. The van der Waals surface area contributed by atoms with E-state index >= 15 is 0 Å². The van der Waals surface area contributed by atoms with Gasteiger partial charge >= 0.3 is 5.97 Å². The van der Waals surface area contributed by atoms with Crippen molar-refractivity contribution < 1.29 is 14.7 Å². The van der Waals surface area contributed by atoms with Crippen molar-refractivity contribution in [2.24, 2.45) is 0 Å². The van der Waals surface area contributed by atoms with E-state index in [4.69, 9.17) is 5.11 Å². The quantitative estimate of drug-likeness (QED) is 0.793. The summed E-state index contributed by atoms with van der Waals surface area (Å²) < 4.78 is 0.793. The number of carbonyl (C=O) groups is 2. The molecule has 2 aromatic rings. The Morgan fingerprint density at radius 3 is 2.74 bits per heavy atom. The molecule has 7 heteroatoms. The van der Waals surface area contributed by atoms with Gasteiger partial charge in [0.25, 0.3) is 5.91 Å². The van der Waals surface area contributed by atoms with E-state index in [1.54, 1.807) is 19.1 Å². The van der Waals surface area contributed by atoms with Gasteiger partial charge in [-0.3, -0.25) is 4.79 Å². The van der Waals surface area contributed by atoms with Crippen molar-refractivity contribution in [3.63, 3.8) is 0 Å². The number of amides is 1. The summed E-state index contributed by atoms with van der Waals surface area (Å²) in [6.07, 6.45) is 1.47. The smallest absolute Gasteiger partial charge is 0.337 e. The summed E-state index contributed by atoms with van der Waals surface area (Å²) >= 11 is 3.28. The fourth-order valence-corrected chi connectivity index (χ4v) is 2.62. The average Bonchev–Trinajstić information content (AvgIpc) is 2.78. The molecule has 0 aliphatic rings. The summed E-state index contributed by atoms with van der Waals surface area (Å²) in [5.74, 6) is -1.43. The van der Waals surface area contributed by atoms with Crippen LogP contribution >= 0.6 is 33.9 Å². The Labute approximate surface area is 126 Å². The molecule has 5 nitrogen and oxygen atoms in total. The molecule has 1 amide bonds. The highest BCUT2D eigenvalue weighted by molar-refractivity contribution is 14.1. The van der Waals surface area contributed by atoms with Gasteiger partial charge in [-0.05, 0) is 47.7 Å². The molecule has 0 atom stereocenters. The standard InChI is InChI=1S/C12H9IN2O3S/c1-6-14-5-10(19-6)11(16)15-9-3-2-7(13)4-8(9)12(17)18/h2-5H,1H3,(H,15,16)(H,17,18). The Morgan fingerprint density at radius 1 is 1.42 bits per heavy atom. The minimum absolute atomic E-state index is 0.0708. The topological polar surface area (TPSA) is 79.3 Å². The molecule has 1 aromatic carbocycles. The lowest BCUT2D eigenvalue weighted by molar-refractivity contribution is 0.0698. The molecule has 0 saturated carbocycles. The summed E-state index contributed by atoms with van der Waals surface area (Å²) in [5.41, 5.74) is 0.352. The fourth-order valence-electron chi connectivity index (χ4n) is 1.45. The van der Waals surface area contributed by atoms with Crippen molar-refractivity contribution in [2.75, 3.05) is 5.32 Å². The van der Waals surface area contributed by atoms with Crippen molar-refractivity contribution in [1.29, 1.82) is 0 Å². The molecule has 0 radical (unpaired) electrons. The van der Waals surface area contributed by atoms with Gasteiger partial charge in [0.1, 0.15) is 4.88 Å². The van der Waals surface area contributed by atoms with Crippen LogP contribution in [0.2, 0.25) is 0 Å². The molecular formula is C12H9IN2O3S. The van der Waals surface area contributed by atoms with Crippen molar-refractivity contribution in [1.82, 2.24) is 4.98 Å². The van der Waals surface area contributed by atoms with Gasteiger partial charge in [-0.1, -0.05) is 0 Å². The maximum atomic E-state index is 12.0. The van der Waals surface area contributed by atoms with Gasteiger partial charge in [-0.25, -0.2) is 9.78 Å². The predicted octanol–water partition coefficient (Wildman–Crippen LogP) is 3.01. The number of hydrogen-bond acceptors (Lipinski definition) is 4. The molecule has 19 heavy (non-hydrogen) atoms. The third kappa shape index (κ3) is 3.29. The zero-order valence-corrected chi connectivity index (χ0v) is 12.8. The molecule has 1 aromatic heterocycles. The van der Waals surface area contributed by atoms with Crippen molar-refractivity contribution >= 4 is 51.5 Å². The van der Waals surface area contributed by atoms with Crippen LogP contribution in [0, 0.1) is 10.5 Å². The molecule has 0 aliphatic heterocycles. The molecule has 0 saturated heterocycles. The Bertz CT molecular complexity index is 654. The van der Waals surface area contributed by atoms with Crippen LogP contribution in [0.3, 0.4) is 0 Å². The number of nitrogens with zero attached hydrogens (tertiary/aromatic N) is 1. The van der Waals surface area contributed by atoms with E-state index in [0.29, 0.717) is 4.88 Å². The highest BCUT2D eigenvalue weighted by Gasteiger charge is 2.15. The van der Waals surface area contributed by atoms with Crippen LogP contribution in [-0.4, -0.2) is 22.0 Å². The number of anilines is 1. The van der Waals surface area contributed by atoms with E-state index in [1.165, 1.54) is 23.6 Å². The molecule has 0 fully saturated rings. The third-order valence-electron chi connectivity index (χ3n) is 2.31. The van der Waals surface area contributed by atoms with Crippen LogP contribution in [0.15, 0.2) is 24.4 Å². The monoisotopic (exact) mass is 388 g/mol. The van der Waals surface area contributed by atoms with Crippen LogP contribution in [0.4, 0.5) is 5.69 Å². The van der Waals surface area contributed by atoms with Gasteiger partial charge in [-0.15, -0.1) is 11.3 Å². The van der Waals surface area contributed by atoms with E-state index in [2.05, 4.69) is 10.3 Å². The first kappa shape index (κ1) is 13.9. The molecule has 2 rings (SSSR count). The summed E-state index contributed by atoms with van der Waals surface area (Å²) in [7, 11) is 0. The second-order valence-corrected chi connectivity index (χ2v) is 6.17. The highest BCUT2D eigenvalue weighted by Crippen LogP contribution is 2.21. The van der Waals surface area contributed by atoms with Gasteiger partial charge in [0, 0.05) is 3.57 Å². The second-order valence-electron chi connectivity index (χ2n) is 3.69. The number of aromatic nitrogens is 1. The zero-order valence-electron chi connectivity index (χ0n) is 9.81. The van der Waals surface area contributed by atoms with Gasteiger partial charge in [-0.2, -0.15) is 0 Å². The molecular weight excluding hydrogens is 379 g/mol. The Morgan fingerprint density at radius 2 is 2.16 bits per heavy atom. The van der Waals surface area contributed by atoms with Crippen molar-refractivity contribution in [3.8, 4) is 0 Å². The number of aryl methyl sites for hydroxylation is 1. The largest absolute Gasteiger partial charge is 0.478 e. The molecule has 0 aliphatic carbocycles. The number of benzene rings is 1. The SMILES string of the molecule is Cc1ncc(C(=O)Nc2ccc(I)cc2C(=O)O)s1. The lowest BCUT2D eigenvalue weighted by Crippen LogP contribution is -2.13. The summed E-state index contributed by atoms with van der Waals surface area (Å²) in [4.78, 5) is 27.5. The maximum absolute atomic E-state index is 12.0. The van der Waals surface area contributed by atoms with Crippen molar-refractivity contribution in [2.45, 2.75) is 6.92 Å². The van der Waals surface area contributed by atoms with Crippen LogP contribution in [0.25, 0.3) is 0 Å². The number of carboxylic acids is 1. The number of carboxylic acid groups (broad SMARTS) is 1. The fraction of sp³-hybridized carbons (Fsp3) is 0.0833. The van der Waals surface area contributed by atoms with Gasteiger partial charge in [0.15, 0.2) is 0 Å². The summed E-state index contributed by atoms with van der Waals surface area (Å²) in [6.45, 7) is 1.80. The normalized spacial score (nSPS) is 10.2. The van der Waals surface area contributed by atoms with E-state index in [-0.39, 0.29) is 17.2 Å². The van der Waals surface area contributed by atoms with Gasteiger partial charge < -0.3 is 10.4 Å².